The molecule has 1 aromatic heterocycles. The van der Waals surface area contributed by atoms with Gasteiger partial charge in [0.05, 0.1) is 23.4 Å². The zero-order chi connectivity index (χ0) is 12.3. The van der Waals surface area contributed by atoms with Crippen molar-refractivity contribution in [3.8, 4) is 0 Å². The van der Waals surface area contributed by atoms with Gasteiger partial charge < -0.3 is 10.5 Å². The van der Waals surface area contributed by atoms with Gasteiger partial charge in [0.15, 0.2) is 0 Å². The molecule has 6 heteroatoms. The lowest BCUT2D eigenvalue weighted by atomic mass is 10.1. The third-order valence-corrected chi connectivity index (χ3v) is 2.72. The molecule has 2 unspecified atom stereocenters. The smallest absolute Gasteiger partial charge is 0.325 e. The van der Waals surface area contributed by atoms with Crippen LogP contribution in [0.1, 0.15) is 25.6 Å². The highest BCUT2D eigenvalue weighted by Crippen LogP contribution is 2.17. The van der Waals surface area contributed by atoms with Crippen LogP contribution in [0.25, 0.3) is 0 Å². The van der Waals surface area contributed by atoms with Gasteiger partial charge in [-0.3, -0.25) is 9.48 Å². The molecule has 2 N–H and O–H groups in total. The van der Waals surface area contributed by atoms with E-state index in [4.69, 9.17) is 22.1 Å². The van der Waals surface area contributed by atoms with Crippen LogP contribution >= 0.6 is 11.6 Å². The van der Waals surface area contributed by atoms with Gasteiger partial charge in [-0.25, -0.2) is 0 Å². The first kappa shape index (κ1) is 13.0. The molecule has 0 spiro atoms. The van der Waals surface area contributed by atoms with Crippen LogP contribution in [0, 0.1) is 6.92 Å². The molecule has 5 nitrogen and oxygen atoms in total. The summed E-state index contributed by atoms with van der Waals surface area (Å²) in [5, 5.41) is 4.73. The lowest BCUT2D eigenvalue weighted by Crippen LogP contribution is -2.39. The molecular weight excluding hydrogens is 230 g/mol. The van der Waals surface area contributed by atoms with Gasteiger partial charge in [-0.05, 0) is 20.8 Å². The molecule has 0 amide bonds. The summed E-state index contributed by atoms with van der Waals surface area (Å²) in [4.78, 5) is 11.4. The standard InChI is InChI=1S/C10H16ClN3O2/c1-4-16-10(15)9(12)7(3)14-5-8(11)6(2)13-14/h5,7,9H,4,12H2,1-3H3. The van der Waals surface area contributed by atoms with E-state index < -0.39 is 12.0 Å². The molecule has 0 bridgehead atoms. The predicted octanol–water partition coefficient (Wildman–Crippen LogP) is 1.30. The van der Waals surface area contributed by atoms with Crippen LogP contribution in [0.2, 0.25) is 5.02 Å². The molecule has 1 heterocycles. The number of halogens is 1. The van der Waals surface area contributed by atoms with Crippen LogP contribution in [-0.4, -0.2) is 28.4 Å². The fourth-order valence-corrected chi connectivity index (χ4v) is 1.41. The topological polar surface area (TPSA) is 70.1 Å². The summed E-state index contributed by atoms with van der Waals surface area (Å²) in [6, 6.07) is -1.03. The predicted molar refractivity (Wildman–Crippen MR) is 61.3 cm³/mol. The lowest BCUT2D eigenvalue weighted by molar-refractivity contribution is -0.145. The molecule has 0 radical (unpaired) electrons. The number of hydrogen-bond acceptors (Lipinski definition) is 4. The third-order valence-electron chi connectivity index (χ3n) is 2.35. The van der Waals surface area contributed by atoms with Crippen molar-refractivity contribution in [1.82, 2.24) is 9.78 Å². The molecule has 1 rings (SSSR count). The fraction of sp³-hybridized carbons (Fsp3) is 0.600. The number of ether oxygens (including phenoxy) is 1. The zero-order valence-electron chi connectivity index (χ0n) is 9.61. The summed E-state index contributed by atoms with van der Waals surface area (Å²) in [5.74, 6) is -0.431. The van der Waals surface area contributed by atoms with Gasteiger partial charge in [0.2, 0.25) is 0 Å². The Morgan fingerprint density at radius 1 is 1.75 bits per heavy atom. The Labute approximate surface area is 99.5 Å². The van der Waals surface area contributed by atoms with Crippen LogP contribution in [0.15, 0.2) is 6.20 Å². The Morgan fingerprint density at radius 3 is 2.81 bits per heavy atom. The Morgan fingerprint density at radius 2 is 2.38 bits per heavy atom. The number of aryl methyl sites for hydroxylation is 1. The Hall–Kier alpha value is -1.07. The molecule has 0 aliphatic rings. The highest BCUT2D eigenvalue weighted by atomic mass is 35.5. The molecule has 1 aromatic rings. The molecule has 2 atom stereocenters. The summed E-state index contributed by atoms with van der Waals surface area (Å²) in [5.41, 5.74) is 6.47. The maximum Gasteiger partial charge on any atom is 0.325 e. The minimum atomic E-state index is -0.740. The van der Waals surface area contributed by atoms with E-state index in [0.29, 0.717) is 17.3 Å². The largest absolute Gasteiger partial charge is 0.465 e. The maximum atomic E-state index is 11.4. The van der Waals surface area contributed by atoms with Crippen molar-refractivity contribution in [2.75, 3.05) is 6.61 Å². The summed E-state index contributed by atoms with van der Waals surface area (Å²) in [7, 11) is 0. The number of rotatable bonds is 4. The number of nitrogens with zero attached hydrogens (tertiary/aromatic N) is 2. The molecule has 16 heavy (non-hydrogen) atoms. The number of carbonyl (C=O) groups is 1. The monoisotopic (exact) mass is 245 g/mol. The van der Waals surface area contributed by atoms with Gasteiger partial charge in [-0.2, -0.15) is 5.10 Å². The normalized spacial score (nSPS) is 14.6. The number of carbonyl (C=O) groups excluding carboxylic acids is 1. The van der Waals surface area contributed by atoms with E-state index in [1.807, 2.05) is 0 Å². The summed E-state index contributed by atoms with van der Waals surface area (Å²) >= 11 is 5.88. The second-order valence-electron chi connectivity index (χ2n) is 3.56. The second-order valence-corrected chi connectivity index (χ2v) is 3.97. The molecule has 0 aromatic carbocycles. The number of hydrogen-bond donors (Lipinski definition) is 1. The molecule has 0 saturated heterocycles. The van der Waals surface area contributed by atoms with Crippen molar-refractivity contribution in [2.24, 2.45) is 5.73 Å². The number of esters is 1. The van der Waals surface area contributed by atoms with Gasteiger partial charge in [0.25, 0.3) is 0 Å². The Bertz CT molecular complexity index is 359. The van der Waals surface area contributed by atoms with Gasteiger partial charge in [-0.1, -0.05) is 11.6 Å². The first-order chi connectivity index (χ1) is 7.47. The van der Waals surface area contributed by atoms with Crippen molar-refractivity contribution in [3.05, 3.63) is 16.9 Å². The van der Waals surface area contributed by atoms with Crippen LogP contribution in [-0.2, 0) is 9.53 Å². The molecule has 90 valence electrons. The van der Waals surface area contributed by atoms with E-state index in [1.54, 1.807) is 31.6 Å². The van der Waals surface area contributed by atoms with Gasteiger partial charge in [-0.15, -0.1) is 0 Å². The van der Waals surface area contributed by atoms with E-state index in [2.05, 4.69) is 5.10 Å². The summed E-state index contributed by atoms with van der Waals surface area (Å²) in [6.07, 6.45) is 1.65. The van der Waals surface area contributed by atoms with Crippen molar-refractivity contribution >= 4 is 17.6 Å². The van der Waals surface area contributed by atoms with Crippen LogP contribution in [0.3, 0.4) is 0 Å². The van der Waals surface area contributed by atoms with Crippen molar-refractivity contribution < 1.29 is 9.53 Å². The number of nitrogens with two attached hydrogens (primary N) is 1. The van der Waals surface area contributed by atoms with E-state index >= 15 is 0 Å². The van der Waals surface area contributed by atoms with Gasteiger partial charge in [0, 0.05) is 6.20 Å². The fourth-order valence-electron chi connectivity index (χ4n) is 1.27. The molecule has 0 aliphatic heterocycles. The minimum absolute atomic E-state index is 0.287. The van der Waals surface area contributed by atoms with Gasteiger partial charge in [0.1, 0.15) is 6.04 Å². The van der Waals surface area contributed by atoms with Gasteiger partial charge >= 0.3 is 5.97 Å². The maximum absolute atomic E-state index is 11.4. The summed E-state index contributed by atoms with van der Waals surface area (Å²) in [6.45, 7) is 5.65. The SMILES string of the molecule is CCOC(=O)C(N)C(C)n1cc(Cl)c(C)n1. The first-order valence-corrected chi connectivity index (χ1v) is 5.48. The van der Waals surface area contributed by atoms with E-state index in [-0.39, 0.29) is 6.04 Å². The lowest BCUT2D eigenvalue weighted by Gasteiger charge is -2.18. The average Bonchev–Trinajstić information content (AvgIpc) is 2.57. The zero-order valence-corrected chi connectivity index (χ0v) is 10.4. The van der Waals surface area contributed by atoms with Crippen LogP contribution in [0.5, 0.6) is 0 Å². The average molecular weight is 246 g/mol. The third kappa shape index (κ3) is 2.74. The van der Waals surface area contributed by atoms with Crippen molar-refractivity contribution in [2.45, 2.75) is 32.9 Å². The quantitative estimate of drug-likeness (QED) is 0.812. The molecule has 0 saturated carbocycles. The van der Waals surface area contributed by atoms with Crippen molar-refractivity contribution in [1.29, 1.82) is 0 Å². The molecule has 0 aliphatic carbocycles. The van der Waals surface area contributed by atoms with E-state index in [9.17, 15) is 4.79 Å². The Balaban J connectivity index is 2.77. The van der Waals surface area contributed by atoms with E-state index in [1.165, 1.54) is 0 Å². The Kier molecular flexibility index (Phi) is 4.32. The number of aromatic nitrogens is 2. The first-order valence-electron chi connectivity index (χ1n) is 5.10. The molecule has 0 fully saturated rings. The van der Waals surface area contributed by atoms with Crippen LogP contribution < -0.4 is 5.73 Å². The van der Waals surface area contributed by atoms with Crippen LogP contribution in [0.4, 0.5) is 0 Å². The minimum Gasteiger partial charge on any atom is -0.465 e. The van der Waals surface area contributed by atoms with Crippen molar-refractivity contribution in [3.63, 3.8) is 0 Å². The second kappa shape index (κ2) is 5.32. The summed E-state index contributed by atoms with van der Waals surface area (Å²) < 4.78 is 6.43. The highest BCUT2D eigenvalue weighted by molar-refractivity contribution is 6.31. The molecular formula is C10H16ClN3O2. The van der Waals surface area contributed by atoms with E-state index in [0.717, 1.165) is 0 Å². The highest BCUT2D eigenvalue weighted by Gasteiger charge is 2.24.